The molecular formula is C14H22ClNO. The topological polar surface area (TPSA) is 35.2 Å². The van der Waals surface area contributed by atoms with E-state index >= 15 is 0 Å². The molecule has 0 aliphatic heterocycles. The zero-order chi connectivity index (χ0) is 12.8. The first-order valence-electron chi connectivity index (χ1n) is 6.12. The Kier molecular flexibility index (Phi) is 5.79. The minimum atomic E-state index is 0.284. The number of hydrogen-bond acceptors (Lipinski definition) is 2. The third-order valence-electron chi connectivity index (χ3n) is 3.10. The maximum atomic E-state index is 6.17. The predicted molar refractivity (Wildman–Crippen MR) is 73.8 cm³/mol. The van der Waals surface area contributed by atoms with Crippen molar-refractivity contribution in [3.63, 3.8) is 0 Å². The van der Waals surface area contributed by atoms with Crippen LogP contribution in [0, 0.1) is 5.92 Å². The monoisotopic (exact) mass is 255 g/mol. The average molecular weight is 256 g/mol. The number of halogens is 1. The van der Waals surface area contributed by atoms with Crippen LogP contribution in [0.2, 0.25) is 5.02 Å². The van der Waals surface area contributed by atoms with E-state index in [4.69, 9.17) is 22.1 Å². The van der Waals surface area contributed by atoms with Gasteiger partial charge in [-0.1, -0.05) is 31.5 Å². The highest BCUT2D eigenvalue weighted by Crippen LogP contribution is 2.24. The molecule has 0 aliphatic carbocycles. The second-order valence-corrected chi connectivity index (χ2v) is 5.16. The minimum Gasteiger partial charge on any atom is -0.497 e. The zero-order valence-electron chi connectivity index (χ0n) is 10.9. The zero-order valence-corrected chi connectivity index (χ0v) is 11.6. The molecule has 0 radical (unpaired) electrons. The molecule has 1 unspecified atom stereocenters. The molecule has 0 spiro atoms. The molecule has 0 fully saturated rings. The van der Waals surface area contributed by atoms with Gasteiger partial charge in [0.15, 0.2) is 0 Å². The van der Waals surface area contributed by atoms with Crippen LogP contribution < -0.4 is 10.5 Å². The average Bonchev–Trinajstić information content (AvgIpc) is 2.30. The Hall–Kier alpha value is -0.730. The van der Waals surface area contributed by atoms with E-state index < -0.39 is 0 Å². The summed E-state index contributed by atoms with van der Waals surface area (Å²) in [5, 5.41) is 0.780. The molecular weight excluding hydrogens is 234 g/mol. The number of benzene rings is 1. The Labute approximate surface area is 109 Å². The van der Waals surface area contributed by atoms with Crippen LogP contribution in [-0.4, -0.2) is 13.2 Å². The fourth-order valence-corrected chi connectivity index (χ4v) is 1.98. The van der Waals surface area contributed by atoms with Crippen molar-refractivity contribution in [2.75, 3.05) is 7.11 Å². The first-order valence-corrected chi connectivity index (χ1v) is 6.50. The molecule has 1 rings (SSSR count). The van der Waals surface area contributed by atoms with Crippen molar-refractivity contribution in [1.82, 2.24) is 0 Å². The van der Waals surface area contributed by atoms with Crippen LogP contribution in [-0.2, 0) is 6.42 Å². The van der Waals surface area contributed by atoms with Gasteiger partial charge in [0, 0.05) is 11.1 Å². The number of hydrogen-bond donors (Lipinski definition) is 1. The molecule has 0 aromatic heterocycles. The molecule has 17 heavy (non-hydrogen) atoms. The minimum absolute atomic E-state index is 0.284. The van der Waals surface area contributed by atoms with Gasteiger partial charge in [-0.05, 0) is 42.9 Å². The summed E-state index contributed by atoms with van der Waals surface area (Å²) in [6.45, 7) is 4.32. The van der Waals surface area contributed by atoms with Gasteiger partial charge < -0.3 is 10.5 Å². The Balaban J connectivity index is 2.47. The Bertz CT molecular complexity index is 352. The van der Waals surface area contributed by atoms with E-state index in [1.807, 2.05) is 18.2 Å². The number of ether oxygens (including phenoxy) is 1. The molecule has 96 valence electrons. The molecule has 1 aromatic carbocycles. The second kappa shape index (κ2) is 6.87. The van der Waals surface area contributed by atoms with Crippen molar-refractivity contribution in [1.29, 1.82) is 0 Å². The van der Waals surface area contributed by atoms with Crippen molar-refractivity contribution < 1.29 is 4.74 Å². The summed E-state index contributed by atoms with van der Waals surface area (Å²) in [7, 11) is 1.65. The van der Waals surface area contributed by atoms with Gasteiger partial charge in [-0.2, -0.15) is 0 Å². The van der Waals surface area contributed by atoms with Gasteiger partial charge in [-0.25, -0.2) is 0 Å². The quantitative estimate of drug-likeness (QED) is 0.842. The Morgan fingerprint density at radius 2 is 2.06 bits per heavy atom. The van der Waals surface area contributed by atoms with E-state index in [2.05, 4.69) is 13.8 Å². The lowest BCUT2D eigenvalue weighted by Gasteiger charge is -2.15. The summed E-state index contributed by atoms with van der Waals surface area (Å²) >= 11 is 6.17. The fraction of sp³-hybridized carbons (Fsp3) is 0.571. The van der Waals surface area contributed by atoms with Crippen molar-refractivity contribution in [3.8, 4) is 5.75 Å². The summed E-state index contributed by atoms with van der Waals surface area (Å²) in [6.07, 6.45) is 3.09. The van der Waals surface area contributed by atoms with Crippen molar-refractivity contribution in [3.05, 3.63) is 28.8 Å². The summed E-state index contributed by atoms with van der Waals surface area (Å²) in [5.41, 5.74) is 7.18. The molecule has 1 atom stereocenters. The van der Waals surface area contributed by atoms with Crippen LogP contribution in [0.4, 0.5) is 0 Å². The third-order valence-corrected chi connectivity index (χ3v) is 3.45. The van der Waals surface area contributed by atoms with Crippen molar-refractivity contribution in [2.45, 2.75) is 39.2 Å². The van der Waals surface area contributed by atoms with E-state index in [1.165, 1.54) is 5.56 Å². The van der Waals surface area contributed by atoms with Gasteiger partial charge in [0.05, 0.1) is 7.11 Å². The van der Waals surface area contributed by atoms with E-state index in [1.54, 1.807) is 7.11 Å². The second-order valence-electron chi connectivity index (χ2n) is 4.76. The highest BCUT2D eigenvalue weighted by molar-refractivity contribution is 6.31. The van der Waals surface area contributed by atoms with Crippen LogP contribution in [0.15, 0.2) is 18.2 Å². The highest BCUT2D eigenvalue weighted by Gasteiger charge is 2.08. The molecule has 0 bridgehead atoms. The van der Waals surface area contributed by atoms with Gasteiger partial charge in [0.2, 0.25) is 0 Å². The predicted octanol–water partition coefficient (Wildman–Crippen LogP) is 3.65. The van der Waals surface area contributed by atoms with Crippen LogP contribution in [0.25, 0.3) is 0 Å². The summed E-state index contributed by atoms with van der Waals surface area (Å²) in [4.78, 5) is 0. The third kappa shape index (κ3) is 4.57. The Morgan fingerprint density at radius 3 is 2.59 bits per heavy atom. The van der Waals surface area contributed by atoms with Gasteiger partial charge >= 0.3 is 0 Å². The molecule has 0 aliphatic rings. The molecule has 3 heteroatoms. The van der Waals surface area contributed by atoms with E-state index in [-0.39, 0.29) is 6.04 Å². The number of nitrogens with two attached hydrogens (primary N) is 1. The lowest BCUT2D eigenvalue weighted by atomic mass is 9.98. The van der Waals surface area contributed by atoms with Crippen molar-refractivity contribution in [2.24, 2.45) is 11.7 Å². The largest absolute Gasteiger partial charge is 0.497 e. The van der Waals surface area contributed by atoms with Gasteiger partial charge in [0.1, 0.15) is 5.75 Å². The molecule has 1 aromatic rings. The molecule has 0 saturated carbocycles. The lowest BCUT2D eigenvalue weighted by Crippen LogP contribution is -2.26. The SMILES string of the molecule is COc1ccc(CCCC(N)C(C)C)c(Cl)c1. The fourth-order valence-electron chi connectivity index (χ4n) is 1.72. The lowest BCUT2D eigenvalue weighted by molar-refractivity contribution is 0.414. The van der Waals surface area contributed by atoms with E-state index in [0.717, 1.165) is 30.0 Å². The standard InChI is InChI=1S/C14H22ClNO/c1-10(2)14(16)6-4-5-11-7-8-12(17-3)9-13(11)15/h7-10,14H,4-6,16H2,1-3H3. The van der Waals surface area contributed by atoms with Gasteiger partial charge in [0.25, 0.3) is 0 Å². The summed E-state index contributed by atoms with van der Waals surface area (Å²) in [6, 6.07) is 6.12. The van der Waals surface area contributed by atoms with E-state index in [9.17, 15) is 0 Å². The van der Waals surface area contributed by atoms with Crippen LogP contribution >= 0.6 is 11.6 Å². The molecule has 2 nitrogen and oxygen atoms in total. The number of rotatable bonds is 6. The molecule has 0 amide bonds. The maximum Gasteiger partial charge on any atom is 0.120 e. The van der Waals surface area contributed by atoms with Crippen LogP contribution in [0.1, 0.15) is 32.3 Å². The first-order chi connectivity index (χ1) is 8.04. The normalized spacial score (nSPS) is 12.8. The number of aryl methyl sites for hydroxylation is 1. The van der Waals surface area contributed by atoms with Crippen LogP contribution in [0.5, 0.6) is 5.75 Å². The van der Waals surface area contributed by atoms with Gasteiger partial charge in [-0.3, -0.25) is 0 Å². The molecule has 2 N–H and O–H groups in total. The van der Waals surface area contributed by atoms with Crippen molar-refractivity contribution >= 4 is 11.6 Å². The molecule has 0 saturated heterocycles. The van der Waals surface area contributed by atoms with E-state index in [0.29, 0.717) is 5.92 Å². The smallest absolute Gasteiger partial charge is 0.120 e. The molecule has 0 heterocycles. The van der Waals surface area contributed by atoms with Crippen LogP contribution in [0.3, 0.4) is 0 Å². The Morgan fingerprint density at radius 1 is 1.35 bits per heavy atom. The number of methoxy groups -OCH3 is 1. The summed E-state index contributed by atoms with van der Waals surface area (Å²) < 4.78 is 5.12. The first kappa shape index (κ1) is 14.3. The van der Waals surface area contributed by atoms with Gasteiger partial charge in [-0.15, -0.1) is 0 Å². The summed E-state index contributed by atoms with van der Waals surface area (Å²) in [5.74, 6) is 1.35. The highest BCUT2D eigenvalue weighted by atomic mass is 35.5. The maximum absolute atomic E-state index is 6.17.